The lowest BCUT2D eigenvalue weighted by Gasteiger charge is -2.20. The van der Waals surface area contributed by atoms with Gasteiger partial charge in [0.2, 0.25) is 0 Å². The molecule has 138 valence electrons. The average Bonchev–Trinajstić information content (AvgIpc) is 2.70. The molecule has 0 aliphatic carbocycles. The van der Waals surface area contributed by atoms with Crippen LogP contribution in [-0.2, 0) is 6.54 Å². The highest BCUT2D eigenvalue weighted by Gasteiger charge is 2.10. The van der Waals surface area contributed by atoms with E-state index in [1.54, 1.807) is 7.05 Å². The van der Waals surface area contributed by atoms with Gasteiger partial charge in [0.15, 0.2) is 5.96 Å². The molecule has 3 rings (SSSR count). The average molecular weight is 470 g/mol. The summed E-state index contributed by atoms with van der Waals surface area (Å²) in [6, 6.07) is 24.6. The van der Waals surface area contributed by atoms with Crippen molar-refractivity contribution in [3.05, 3.63) is 83.4 Å². The van der Waals surface area contributed by atoms with E-state index < -0.39 is 0 Å². The number of benzene rings is 3. The normalized spacial score (nSPS) is 12.0. The van der Waals surface area contributed by atoms with E-state index in [9.17, 15) is 0 Å². The van der Waals surface area contributed by atoms with Crippen molar-refractivity contribution >= 4 is 40.7 Å². The molecule has 5 heteroatoms. The van der Waals surface area contributed by atoms with Crippen molar-refractivity contribution in [1.82, 2.24) is 10.6 Å². The van der Waals surface area contributed by atoms with Crippen molar-refractivity contribution < 1.29 is 0 Å². The number of aliphatic imine (C=N–C) groups is 1. The van der Waals surface area contributed by atoms with E-state index in [4.69, 9.17) is 5.26 Å². The number of rotatable bonds is 4. The maximum Gasteiger partial charge on any atom is 0.191 e. The van der Waals surface area contributed by atoms with Crippen molar-refractivity contribution in [2.75, 3.05) is 7.05 Å². The molecule has 3 aromatic carbocycles. The summed E-state index contributed by atoms with van der Waals surface area (Å²) >= 11 is 0. The van der Waals surface area contributed by atoms with Crippen LogP contribution < -0.4 is 10.6 Å². The van der Waals surface area contributed by atoms with Crippen LogP contribution in [-0.4, -0.2) is 13.0 Å². The molecule has 27 heavy (non-hydrogen) atoms. The third-order valence-corrected chi connectivity index (χ3v) is 4.41. The Balaban J connectivity index is 0.00000261. The fraction of sp³-hybridized carbons (Fsp3) is 0.182. The summed E-state index contributed by atoms with van der Waals surface area (Å²) in [6.07, 6.45) is 0. The number of nitriles is 1. The van der Waals surface area contributed by atoms with Gasteiger partial charge in [0, 0.05) is 13.6 Å². The Bertz CT molecular complexity index is 953. The molecule has 0 saturated heterocycles. The molecule has 0 spiro atoms. The van der Waals surface area contributed by atoms with E-state index in [2.05, 4.69) is 71.1 Å². The fourth-order valence-corrected chi connectivity index (χ4v) is 2.99. The molecule has 0 radical (unpaired) electrons. The van der Waals surface area contributed by atoms with Gasteiger partial charge >= 0.3 is 0 Å². The van der Waals surface area contributed by atoms with E-state index in [1.807, 2.05) is 24.3 Å². The Morgan fingerprint density at radius 1 is 1.04 bits per heavy atom. The summed E-state index contributed by atoms with van der Waals surface area (Å²) in [5, 5.41) is 18.1. The van der Waals surface area contributed by atoms with Crippen LogP contribution in [0.4, 0.5) is 0 Å². The molecule has 1 unspecified atom stereocenters. The molecule has 0 amide bonds. The molecule has 0 aliphatic rings. The Labute approximate surface area is 177 Å². The predicted molar refractivity (Wildman–Crippen MR) is 122 cm³/mol. The van der Waals surface area contributed by atoms with Gasteiger partial charge in [-0.15, -0.1) is 24.0 Å². The van der Waals surface area contributed by atoms with E-state index in [0.29, 0.717) is 12.1 Å². The van der Waals surface area contributed by atoms with Crippen molar-refractivity contribution in [3.8, 4) is 6.07 Å². The maximum atomic E-state index is 8.87. The Morgan fingerprint density at radius 3 is 2.44 bits per heavy atom. The van der Waals surface area contributed by atoms with Crippen LogP contribution in [0.15, 0.2) is 71.7 Å². The molecule has 0 aromatic heterocycles. The number of nitrogens with zero attached hydrogens (tertiary/aromatic N) is 2. The lowest BCUT2D eigenvalue weighted by atomic mass is 10.00. The van der Waals surface area contributed by atoms with Gasteiger partial charge in [-0.25, -0.2) is 0 Å². The third kappa shape index (κ3) is 5.20. The summed E-state index contributed by atoms with van der Waals surface area (Å²) in [4.78, 5) is 4.32. The monoisotopic (exact) mass is 470 g/mol. The maximum absolute atomic E-state index is 8.87. The van der Waals surface area contributed by atoms with Crippen molar-refractivity contribution in [3.63, 3.8) is 0 Å². The quantitative estimate of drug-likeness (QED) is 0.329. The number of halogens is 1. The number of fused-ring (bicyclic) bond motifs is 1. The first-order valence-electron chi connectivity index (χ1n) is 8.65. The second-order valence-electron chi connectivity index (χ2n) is 6.17. The fourth-order valence-electron chi connectivity index (χ4n) is 2.99. The molecule has 2 N–H and O–H groups in total. The zero-order chi connectivity index (χ0) is 18.4. The van der Waals surface area contributed by atoms with Crippen molar-refractivity contribution in [2.45, 2.75) is 19.5 Å². The zero-order valence-corrected chi connectivity index (χ0v) is 17.8. The topological polar surface area (TPSA) is 60.2 Å². The van der Waals surface area contributed by atoms with Crippen LogP contribution in [0.5, 0.6) is 0 Å². The highest BCUT2D eigenvalue weighted by molar-refractivity contribution is 14.0. The lowest BCUT2D eigenvalue weighted by molar-refractivity contribution is 0.690. The van der Waals surface area contributed by atoms with Gasteiger partial charge in [0.05, 0.1) is 17.7 Å². The van der Waals surface area contributed by atoms with Gasteiger partial charge in [-0.2, -0.15) is 5.26 Å². The minimum atomic E-state index is 0. The molecular formula is C22H23IN4. The van der Waals surface area contributed by atoms with Gasteiger partial charge in [0.1, 0.15) is 0 Å². The lowest BCUT2D eigenvalue weighted by Crippen LogP contribution is -2.38. The highest BCUT2D eigenvalue weighted by atomic mass is 127. The number of hydrogen-bond donors (Lipinski definition) is 2. The first-order valence-corrected chi connectivity index (χ1v) is 8.65. The van der Waals surface area contributed by atoms with E-state index in [-0.39, 0.29) is 30.0 Å². The van der Waals surface area contributed by atoms with E-state index >= 15 is 0 Å². The molecular weight excluding hydrogens is 447 g/mol. The van der Waals surface area contributed by atoms with E-state index in [1.165, 1.54) is 16.3 Å². The smallest absolute Gasteiger partial charge is 0.191 e. The number of guanidine groups is 1. The minimum absolute atomic E-state index is 0. The summed E-state index contributed by atoms with van der Waals surface area (Å²) in [5.41, 5.74) is 3.01. The van der Waals surface area contributed by atoms with Crippen LogP contribution in [0.1, 0.15) is 29.7 Å². The van der Waals surface area contributed by atoms with Gasteiger partial charge in [-0.05, 0) is 41.0 Å². The molecule has 0 saturated carbocycles. The Hall–Kier alpha value is -2.59. The van der Waals surface area contributed by atoms with Gasteiger partial charge in [-0.3, -0.25) is 4.99 Å². The van der Waals surface area contributed by atoms with Crippen LogP contribution in [0.3, 0.4) is 0 Å². The van der Waals surface area contributed by atoms with E-state index in [0.717, 1.165) is 11.5 Å². The largest absolute Gasteiger partial charge is 0.352 e. The molecule has 0 fully saturated rings. The predicted octanol–water partition coefficient (Wildman–Crippen LogP) is 4.76. The molecule has 1 atom stereocenters. The van der Waals surface area contributed by atoms with Gasteiger partial charge in [0.25, 0.3) is 0 Å². The van der Waals surface area contributed by atoms with Gasteiger partial charge in [-0.1, -0.05) is 54.6 Å². The highest BCUT2D eigenvalue weighted by Crippen LogP contribution is 2.23. The first-order chi connectivity index (χ1) is 12.7. The summed E-state index contributed by atoms with van der Waals surface area (Å²) in [7, 11) is 1.77. The SMILES string of the molecule is CN=C(NCc1ccc(C#N)cc1)NC(C)c1cccc2ccccc12.I. The zero-order valence-electron chi connectivity index (χ0n) is 15.4. The van der Waals surface area contributed by atoms with Crippen LogP contribution in [0.2, 0.25) is 0 Å². The summed E-state index contributed by atoms with van der Waals surface area (Å²) < 4.78 is 0. The summed E-state index contributed by atoms with van der Waals surface area (Å²) in [6.45, 7) is 2.78. The minimum Gasteiger partial charge on any atom is -0.352 e. The number of nitrogens with one attached hydrogen (secondary N) is 2. The van der Waals surface area contributed by atoms with Crippen molar-refractivity contribution in [1.29, 1.82) is 5.26 Å². The summed E-state index contributed by atoms with van der Waals surface area (Å²) in [5.74, 6) is 0.745. The molecule has 0 aliphatic heterocycles. The van der Waals surface area contributed by atoms with Crippen LogP contribution in [0.25, 0.3) is 10.8 Å². The molecule has 3 aromatic rings. The Kier molecular flexibility index (Phi) is 7.62. The second-order valence-corrected chi connectivity index (χ2v) is 6.17. The number of hydrogen-bond acceptors (Lipinski definition) is 2. The Morgan fingerprint density at radius 2 is 1.74 bits per heavy atom. The van der Waals surface area contributed by atoms with Crippen LogP contribution >= 0.6 is 24.0 Å². The molecule has 0 heterocycles. The van der Waals surface area contributed by atoms with Crippen molar-refractivity contribution in [2.24, 2.45) is 4.99 Å². The first kappa shape index (κ1) is 20.7. The standard InChI is InChI=1S/C22H22N4.HI/c1-16(20-9-5-7-19-6-3-4-8-21(19)20)26-22(24-2)25-15-18-12-10-17(14-23)11-13-18;/h3-13,16H,15H2,1-2H3,(H2,24,25,26);1H. The van der Waals surface area contributed by atoms with Gasteiger partial charge < -0.3 is 10.6 Å². The van der Waals surface area contributed by atoms with Crippen LogP contribution in [0, 0.1) is 11.3 Å². The molecule has 4 nitrogen and oxygen atoms in total. The molecule has 0 bridgehead atoms. The third-order valence-electron chi connectivity index (χ3n) is 4.41. The second kappa shape index (κ2) is 9.93.